The monoisotopic (exact) mass is 292 g/mol. The largest absolute Gasteiger partial charge is 0.493 e. The van der Waals surface area contributed by atoms with Crippen LogP contribution in [0.15, 0.2) is 24.3 Å². The van der Waals surface area contributed by atoms with Gasteiger partial charge in [-0.1, -0.05) is 32.9 Å². The molecule has 4 heteroatoms. The first kappa shape index (κ1) is 16.1. The number of hydrogen-bond acceptors (Lipinski definition) is 4. The summed E-state index contributed by atoms with van der Waals surface area (Å²) in [5.41, 5.74) is 0.294. The Morgan fingerprint density at radius 1 is 1.24 bits per heavy atom. The fraction of sp³-hybridized carbons (Fsp3) is 0.647. The number of nitrogens with one attached hydrogen (secondary N) is 1. The topological polar surface area (TPSA) is 33.7 Å². The summed E-state index contributed by atoms with van der Waals surface area (Å²) in [6.07, 6.45) is 0. The van der Waals surface area contributed by atoms with Crippen molar-refractivity contribution in [1.82, 2.24) is 10.2 Å². The minimum atomic E-state index is 0.294. The number of para-hydroxylation sites is 2. The lowest BCUT2D eigenvalue weighted by molar-refractivity contribution is 0.118. The number of ether oxygens (including phenoxy) is 2. The van der Waals surface area contributed by atoms with Gasteiger partial charge < -0.3 is 14.8 Å². The maximum absolute atomic E-state index is 5.86. The van der Waals surface area contributed by atoms with E-state index < -0.39 is 0 Å². The molecule has 1 saturated heterocycles. The first-order chi connectivity index (χ1) is 10.0. The molecular weight excluding hydrogens is 264 g/mol. The first-order valence-corrected chi connectivity index (χ1v) is 7.72. The van der Waals surface area contributed by atoms with E-state index in [1.54, 1.807) is 7.11 Å². The molecule has 0 saturated carbocycles. The number of methoxy groups -OCH3 is 1. The molecule has 0 aromatic heterocycles. The summed E-state index contributed by atoms with van der Waals surface area (Å²) < 4.78 is 11.2. The molecule has 1 fully saturated rings. The van der Waals surface area contributed by atoms with Crippen LogP contribution in [-0.4, -0.2) is 50.8 Å². The highest BCUT2D eigenvalue weighted by Gasteiger charge is 2.28. The lowest BCUT2D eigenvalue weighted by Gasteiger charge is -2.40. The van der Waals surface area contributed by atoms with E-state index in [0.29, 0.717) is 18.1 Å². The Labute approximate surface area is 128 Å². The number of hydrogen-bond donors (Lipinski definition) is 1. The zero-order valence-corrected chi connectivity index (χ0v) is 13.7. The van der Waals surface area contributed by atoms with Gasteiger partial charge in [0.05, 0.1) is 7.11 Å². The van der Waals surface area contributed by atoms with Gasteiger partial charge in [0, 0.05) is 32.2 Å². The van der Waals surface area contributed by atoms with Crippen molar-refractivity contribution >= 4 is 0 Å². The Morgan fingerprint density at radius 3 is 2.62 bits per heavy atom. The van der Waals surface area contributed by atoms with Crippen LogP contribution in [0.5, 0.6) is 11.5 Å². The number of rotatable bonds is 5. The minimum Gasteiger partial charge on any atom is -0.493 e. The average molecular weight is 292 g/mol. The van der Waals surface area contributed by atoms with E-state index in [4.69, 9.17) is 9.47 Å². The van der Waals surface area contributed by atoms with Crippen molar-refractivity contribution in [3.05, 3.63) is 24.3 Å². The smallest absolute Gasteiger partial charge is 0.161 e. The summed E-state index contributed by atoms with van der Waals surface area (Å²) >= 11 is 0. The van der Waals surface area contributed by atoms with Gasteiger partial charge >= 0.3 is 0 Å². The maximum atomic E-state index is 5.86. The Hall–Kier alpha value is -1.26. The van der Waals surface area contributed by atoms with Crippen LogP contribution >= 0.6 is 0 Å². The quantitative estimate of drug-likeness (QED) is 0.903. The molecule has 0 aliphatic carbocycles. The van der Waals surface area contributed by atoms with Crippen LogP contribution in [0.3, 0.4) is 0 Å². The molecule has 2 rings (SSSR count). The van der Waals surface area contributed by atoms with Crippen LogP contribution in [0, 0.1) is 5.41 Å². The zero-order valence-electron chi connectivity index (χ0n) is 13.7. The van der Waals surface area contributed by atoms with Gasteiger partial charge in [0.2, 0.25) is 0 Å². The lowest BCUT2D eigenvalue weighted by atomic mass is 9.85. The van der Waals surface area contributed by atoms with Gasteiger partial charge in [-0.25, -0.2) is 0 Å². The predicted octanol–water partition coefficient (Wildman–Crippen LogP) is 2.39. The summed E-state index contributed by atoms with van der Waals surface area (Å²) in [6, 6.07) is 8.34. The standard InChI is InChI=1S/C17H28N2O2/c1-17(2,3)16-13-19(10-9-18-16)11-12-21-15-8-6-5-7-14(15)20-4/h5-8,16,18H,9-13H2,1-4H3. The van der Waals surface area contributed by atoms with Crippen LogP contribution in [0.2, 0.25) is 0 Å². The molecule has 4 nitrogen and oxygen atoms in total. The summed E-state index contributed by atoms with van der Waals surface area (Å²) in [5.74, 6) is 1.62. The molecule has 0 amide bonds. The molecule has 1 N–H and O–H groups in total. The second-order valence-corrected chi connectivity index (χ2v) is 6.67. The fourth-order valence-electron chi connectivity index (χ4n) is 2.62. The molecule has 1 heterocycles. The maximum Gasteiger partial charge on any atom is 0.161 e. The van der Waals surface area contributed by atoms with Crippen molar-refractivity contribution in [3.63, 3.8) is 0 Å². The van der Waals surface area contributed by atoms with Crippen LogP contribution in [-0.2, 0) is 0 Å². The van der Waals surface area contributed by atoms with E-state index in [1.807, 2.05) is 24.3 Å². The molecule has 1 atom stereocenters. The van der Waals surface area contributed by atoms with E-state index >= 15 is 0 Å². The molecule has 21 heavy (non-hydrogen) atoms. The van der Waals surface area contributed by atoms with E-state index in [-0.39, 0.29) is 0 Å². The average Bonchev–Trinajstić information content (AvgIpc) is 2.47. The second kappa shape index (κ2) is 7.14. The molecule has 0 spiro atoms. The summed E-state index contributed by atoms with van der Waals surface area (Å²) in [7, 11) is 1.67. The van der Waals surface area contributed by atoms with Gasteiger partial charge in [-0.2, -0.15) is 0 Å². The highest BCUT2D eigenvalue weighted by molar-refractivity contribution is 5.39. The van der Waals surface area contributed by atoms with Crippen molar-refractivity contribution in [2.24, 2.45) is 5.41 Å². The SMILES string of the molecule is COc1ccccc1OCCN1CCNC(C(C)(C)C)C1. The molecule has 118 valence electrons. The molecule has 1 unspecified atom stereocenters. The predicted molar refractivity (Wildman–Crippen MR) is 86.2 cm³/mol. The minimum absolute atomic E-state index is 0.294. The number of benzene rings is 1. The van der Waals surface area contributed by atoms with Crippen molar-refractivity contribution in [3.8, 4) is 11.5 Å². The van der Waals surface area contributed by atoms with Gasteiger partial charge in [-0.15, -0.1) is 0 Å². The van der Waals surface area contributed by atoms with E-state index in [2.05, 4.69) is 31.0 Å². The van der Waals surface area contributed by atoms with Gasteiger partial charge in [0.15, 0.2) is 11.5 Å². The van der Waals surface area contributed by atoms with Crippen LogP contribution in [0.1, 0.15) is 20.8 Å². The zero-order chi connectivity index (χ0) is 15.3. The van der Waals surface area contributed by atoms with E-state index in [9.17, 15) is 0 Å². The molecule has 1 aliphatic heterocycles. The Kier molecular flexibility index (Phi) is 5.48. The van der Waals surface area contributed by atoms with Crippen molar-refractivity contribution in [1.29, 1.82) is 0 Å². The van der Waals surface area contributed by atoms with Crippen molar-refractivity contribution in [2.75, 3.05) is 39.9 Å². The van der Waals surface area contributed by atoms with Crippen molar-refractivity contribution < 1.29 is 9.47 Å². The fourth-order valence-corrected chi connectivity index (χ4v) is 2.62. The van der Waals surface area contributed by atoms with Crippen molar-refractivity contribution in [2.45, 2.75) is 26.8 Å². The summed E-state index contributed by atoms with van der Waals surface area (Å²) in [6.45, 7) is 11.7. The van der Waals surface area contributed by atoms with Crippen LogP contribution in [0.25, 0.3) is 0 Å². The van der Waals surface area contributed by atoms with E-state index in [1.165, 1.54) is 0 Å². The molecular formula is C17H28N2O2. The van der Waals surface area contributed by atoms with Gasteiger partial charge in [-0.05, 0) is 17.5 Å². The highest BCUT2D eigenvalue weighted by atomic mass is 16.5. The lowest BCUT2D eigenvalue weighted by Crippen LogP contribution is -2.56. The third-order valence-electron chi connectivity index (χ3n) is 4.04. The van der Waals surface area contributed by atoms with E-state index in [0.717, 1.165) is 37.7 Å². The molecule has 0 radical (unpaired) electrons. The Morgan fingerprint density at radius 2 is 1.95 bits per heavy atom. The number of piperazine rings is 1. The molecule has 1 aromatic carbocycles. The molecule has 0 bridgehead atoms. The molecule has 1 aliphatic rings. The van der Waals surface area contributed by atoms with Gasteiger partial charge in [0.1, 0.15) is 6.61 Å². The second-order valence-electron chi connectivity index (χ2n) is 6.67. The van der Waals surface area contributed by atoms with Gasteiger partial charge in [0.25, 0.3) is 0 Å². The third-order valence-corrected chi connectivity index (χ3v) is 4.04. The normalized spacial score (nSPS) is 20.3. The van der Waals surface area contributed by atoms with Crippen LogP contribution in [0.4, 0.5) is 0 Å². The Bertz CT molecular complexity index is 443. The third kappa shape index (κ3) is 4.61. The van der Waals surface area contributed by atoms with Gasteiger partial charge in [-0.3, -0.25) is 4.90 Å². The number of nitrogens with zero attached hydrogens (tertiary/aromatic N) is 1. The summed E-state index contributed by atoms with van der Waals surface area (Å²) in [5, 5.41) is 3.61. The first-order valence-electron chi connectivity index (χ1n) is 7.72. The summed E-state index contributed by atoms with van der Waals surface area (Å²) in [4.78, 5) is 2.47. The Balaban J connectivity index is 1.80. The highest BCUT2D eigenvalue weighted by Crippen LogP contribution is 2.26. The van der Waals surface area contributed by atoms with Crippen LogP contribution < -0.4 is 14.8 Å². The molecule has 1 aromatic rings.